The van der Waals surface area contributed by atoms with Crippen molar-refractivity contribution in [3.63, 3.8) is 0 Å². The van der Waals surface area contributed by atoms with E-state index in [-0.39, 0.29) is 12.0 Å². The van der Waals surface area contributed by atoms with Crippen molar-refractivity contribution in [3.8, 4) is 0 Å². The largest absolute Gasteiger partial charge is 0.393 e. The predicted octanol–water partition coefficient (Wildman–Crippen LogP) is 0.639. The number of nitrogens with two attached hydrogens (primary N) is 1. The summed E-state index contributed by atoms with van der Waals surface area (Å²) in [6, 6.07) is 0. The second kappa shape index (κ2) is 5.64. The number of carbonyl (C=O) groups is 1. The minimum atomic E-state index is -0.400. The van der Waals surface area contributed by atoms with Crippen LogP contribution in [0.5, 0.6) is 0 Å². The molecule has 4 heteroatoms. The Morgan fingerprint density at radius 1 is 1.44 bits per heavy atom. The number of hydrogen-bond acceptors (Lipinski definition) is 3. The third-order valence-electron chi connectivity index (χ3n) is 3.99. The summed E-state index contributed by atoms with van der Waals surface area (Å²) in [4.78, 5) is 12.0. The van der Waals surface area contributed by atoms with Crippen LogP contribution in [0.15, 0.2) is 0 Å². The zero-order valence-corrected chi connectivity index (χ0v) is 10.3. The summed E-state index contributed by atoms with van der Waals surface area (Å²) >= 11 is 0. The molecule has 0 aliphatic heterocycles. The second-order valence-electron chi connectivity index (χ2n) is 4.89. The zero-order valence-electron chi connectivity index (χ0n) is 10.3. The van der Waals surface area contributed by atoms with Gasteiger partial charge in [0, 0.05) is 13.1 Å². The molecule has 1 saturated carbocycles. The Morgan fingerprint density at radius 2 is 2.00 bits per heavy atom. The Balaban J connectivity index is 2.37. The highest BCUT2D eigenvalue weighted by molar-refractivity contribution is 5.82. The zero-order chi connectivity index (χ0) is 12.2. The number of aliphatic hydroxyl groups excluding tert-OH is 1. The summed E-state index contributed by atoms with van der Waals surface area (Å²) in [7, 11) is 0. The summed E-state index contributed by atoms with van der Waals surface area (Å²) in [5, 5.41) is 12.1. The Bertz CT molecular complexity index is 225. The first kappa shape index (κ1) is 13.5. The Hall–Kier alpha value is -0.610. The van der Waals surface area contributed by atoms with E-state index >= 15 is 0 Å². The Kier molecular flexibility index (Phi) is 4.74. The van der Waals surface area contributed by atoms with Gasteiger partial charge in [-0.05, 0) is 31.6 Å². The highest BCUT2D eigenvalue weighted by Crippen LogP contribution is 2.28. The van der Waals surface area contributed by atoms with E-state index in [4.69, 9.17) is 10.8 Å². The van der Waals surface area contributed by atoms with Crippen molar-refractivity contribution in [2.24, 2.45) is 17.1 Å². The van der Waals surface area contributed by atoms with Crippen LogP contribution < -0.4 is 11.1 Å². The third-order valence-corrected chi connectivity index (χ3v) is 3.99. The maximum atomic E-state index is 12.0. The second-order valence-corrected chi connectivity index (χ2v) is 4.89. The van der Waals surface area contributed by atoms with E-state index in [9.17, 15) is 4.79 Å². The maximum Gasteiger partial charge on any atom is 0.227 e. The van der Waals surface area contributed by atoms with Gasteiger partial charge < -0.3 is 16.2 Å². The van der Waals surface area contributed by atoms with Crippen molar-refractivity contribution < 1.29 is 9.90 Å². The number of hydrogen-bond donors (Lipinski definition) is 3. The van der Waals surface area contributed by atoms with E-state index in [2.05, 4.69) is 5.32 Å². The average molecular weight is 228 g/mol. The number of aliphatic hydroxyl groups is 1. The average Bonchev–Trinajstić information content (AvgIpc) is 2.26. The first-order valence-corrected chi connectivity index (χ1v) is 6.24. The number of rotatable bonds is 6. The number of nitrogens with one attached hydrogen (secondary N) is 1. The molecule has 0 heterocycles. The van der Waals surface area contributed by atoms with Crippen molar-refractivity contribution >= 4 is 5.91 Å². The van der Waals surface area contributed by atoms with Crippen LogP contribution in [-0.2, 0) is 4.79 Å². The molecule has 16 heavy (non-hydrogen) atoms. The first-order valence-electron chi connectivity index (χ1n) is 6.24. The van der Waals surface area contributed by atoms with Gasteiger partial charge in [0.05, 0.1) is 11.5 Å². The smallest absolute Gasteiger partial charge is 0.227 e. The van der Waals surface area contributed by atoms with Crippen LogP contribution in [0, 0.1) is 11.3 Å². The van der Waals surface area contributed by atoms with E-state index in [1.807, 2.05) is 13.8 Å². The van der Waals surface area contributed by atoms with Gasteiger partial charge in [-0.3, -0.25) is 4.79 Å². The molecule has 0 unspecified atom stereocenters. The van der Waals surface area contributed by atoms with Gasteiger partial charge in [0.25, 0.3) is 0 Å². The molecule has 94 valence electrons. The van der Waals surface area contributed by atoms with Crippen molar-refractivity contribution in [2.75, 3.05) is 13.1 Å². The molecule has 0 radical (unpaired) electrons. The van der Waals surface area contributed by atoms with E-state index in [0.29, 0.717) is 19.0 Å². The van der Waals surface area contributed by atoms with E-state index in [0.717, 1.165) is 25.7 Å². The SMILES string of the molecule is CCC(CC)(CN)C(=O)NCC1CC(O)C1. The molecule has 0 saturated heterocycles. The summed E-state index contributed by atoms with van der Waals surface area (Å²) in [6.07, 6.45) is 3.03. The Labute approximate surface area is 97.6 Å². The van der Waals surface area contributed by atoms with Gasteiger partial charge in [-0.2, -0.15) is 0 Å². The van der Waals surface area contributed by atoms with Crippen molar-refractivity contribution in [1.29, 1.82) is 0 Å². The van der Waals surface area contributed by atoms with Gasteiger partial charge in [-0.15, -0.1) is 0 Å². The van der Waals surface area contributed by atoms with Crippen molar-refractivity contribution in [3.05, 3.63) is 0 Å². The fourth-order valence-electron chi connectivity index (χ4n) is 2.24. The standard InChI is InChI=1S/C12H24N2O2/c1-3-12(4-2,8-13)11(16)14-7-9-5-10(15)6-9/h9-10,15H,3-8,13H2,1-2H3,(H,14,16). The molecule has 0 aromatic carbocycles. The van der Waals surface area contributed by atoms with Crippen molar-refractivity contribution in [2.45, 2.75) is 45.6 Å². The van der Waals surface area contributed by atoms with Crippen LogP contribution in [-0.4, -0.2) is 30.2 Å². The lowest BCUT2D eigenvalue weighted by molar-refractivity contribution is -0.131. The first-order chi connectivity index (χ1) is 7.57. The number of amides is 1. The van der Waals surface area contributed by atoms with Crippen LogP contribution in [0.3, 0.4) is 0 Å². The molecule has 1 amide bonds. The van der Waals surface area contributed by atoms with Gasteiger partial charge in [0.15, 0.2) is 0 Å². The molecule has 4 N–H and O–H groups in total. The molecule has 0 aromatic rings. The lowest BCUT2D eigenvalue weighted by atomic mass is 9.80. The third kappa shape index (κ3) is 2.74. The minimum absolute atomic E-state index is 0.0707. The topological polar surface area (TPSA) is 75.4 Å². The molecular formula is C12H24N2O2. The molecule has 1 aliphatic rings. The molecule has 0 bridgehead atoms. The van der Waals surface area contributed by atoms with E-state index in [1.54, 1.807) is 0 Å². The van der Waals surface area contributed by atoms with E-state index in [1.165, 1.54) is 0 Å². The van der Waals surface area contributed by atoms with Crippen LogP contribution in [0.1, 0.15) is 39.5 Å². The van der Waals surface area contributed by atoms with Gasteiger partial charge in [0.2, 0.25) is 5.91 Å². The normalized spacial score (nSPS) is 25.0. The lowest BCUT2D eigenvalue weighted by Gasteiger charge is -2.34. The van der Waals surface area contributed by atoms with Crippen molar-refractivity contribution in [1.82, 2.24) is 5.32 Å². The quantitative estimate of drug-likeness (QED) is 0.624. The maximum absolute atomic E-state index is 12.0. The highest BCUT2D eigenvalue weighted by Gasteiger charge is 2.34. The van der Waals surface area contributed by atoms with Crippen LogP contribution in [0.2, 0.25) is 0 Å². The molecule has 4 nitrogen and oxygen atoms in total. The highest BCUT2D eigenvalue weighted by atomic mass is 16.3. The molecule has 1 fully saturated rings. The molecule has 0 aromatic heterocycles. The summed E-state index contributed by atoms with van der Waals surface area (Å²) in [5.74, 6) is 0.518. The van der Waals surface area contributed by atoms with Gasteiger partial charge in [-0.1, -0.05) is 13.8 Å². The Morgan fingerprint density at radius 3 is 2.38 bits per heavy atom. The summed E-state index contributed by atoms with van der Waals surface area (Å²) in [6.45, 7) is 5.09. The van der Waals surface area contributed by atoms with Crippen LogP contribution in [0.4, 0.5) is 0 Å². The van der Waals surface area contributed by atoms with Crippen LogP contribution >= 0.6 is 0 Å². The molecule has 1 aliphatic carbocycles. The lowest BCUT2D eigenvalue weighted by Crippen LogP contribution is -2.48. The monoisotopic (exact) mass is 228 g/mol. The van der Waals surface area contributed by atoms with E-state index < -0.39 is 5.41 Å². The van der Waals surface area contributed by atoms with Gasteiger partial charge >= 0.3 is 0 Å². The molecule has 1 rings (SSSR count). The van der Waals surface area contributed by atoms with Gasteiger partial charge in [-0.25, -0.2) is 0 Å². The molecule has 0 spiro atoms. The summed E-state index contributed by atoms with van der Waals surface area (Å²) < 4.78 is 0. The fourth-order valence-corrected chi connectivity index (χ4v) is 2.24. The fraction of sp³-hybridized carbons (Fsp3) is 0.917. The van der Waals surface area contributed by atoms with Gasteiger partial charge in [0.1, 0.15) is 0 Å². The van der Waals surface area contributed by atoms with Crippen LogP contribution in [0.25, 0.3) is 0 Å². The molecule has 0 atom stereocenters. The minimum Gasteiger partial charge on any atom is -0.393 e. The number of carbonyl (C=O) groups excluding carboxylic acids is 1. The molecular weight excluding hydrogens is 204 g/mol. The predicted molar refractivity (Wildman–Crippen MR) is 63.8 cm³/mol. The summed E-state index contributed by atoms with van der Waals surface area (Å²) in [5.41, 5.74) is 5.30.